The average Bonchev–Trinajstić information content (AvgIpc) is 2.76. The van der Waals surface area contributed by atoms with Gasteiger partial charge in [-0.3, -0.25) is 4.68 Å². The van der Waals surface area contributed by atoms with Crippen molar-refractivity contribution in [3.63, 3.8) is 0 Å². The van der Waals surface area contributed by atoms with Gasteiger partial charge in [0.2, 0.25) is 0 Å². The van der Waals surface area contributed by atoms with Gasteiger partial charge in [0, 0.05) is 18.8 Å². The number of anilines is 1. The molecule has 0 aliphatic heterocycles. The number of aryl methyl sites for hydroxylation is 2. The Balaban J connectivity index is 2.29. The molecule has 2 heterocycles. The largest absolute Gasteiger partial charge is 0.383 e. The first-order chi connectivity index (χ1) is 7.61. The third-order valence-electron chi connectivity index (χ3n) is 2.48. The summed E-state index contributed by atoms with van der Waals surface area (Å²) in [6.45, 7) is 2.68. The van der Waals surface area contributed by atoms with Crippen LogP contribution >= 0.6 is 11.6 Å². The summed E-state index contributed by atoms with van der Waals surface area (Å²) in [4.78, 5) is 0. The molecule has 86 valence electrons. The number of aromatic nitrogens is 4. The number of hydrogen-bond acceptors (Lipinski definition) is 3. The molecule has 0 radical (unpaired) electrons. The maximum Gasteiger partial charge on any atom is 0.140 e. The van der Waals surface area contributed by atoms with E-state index in [2.05, 4.69) is 17.1 Å². The molecule has 2 aromatic heterocycles. The highest BCUT2D eigenvalue weighted by Crippen LogP contribution is 2.19. The Bertz CT molecular complexity index is 499. The van der Waals surface area contributed by atoms with Gasteiger partial charge in [0.25, 0.3) is 0 Å². The van der Waals surface area contributed by atoms with Crippen LogP contribution in [0.1, 0.15) is 18.2 Å². The zero-order chi connectivity index (χ0) is 11.7. The molecule has 0 bridgehead atoms. The highest BCUT2D eigenvalue weighted by Gasteiger charge is 2.10. The summed E-state index contributed by atoms with van der Waals surface area (Å²) in [5.74, 6) is 0.493. The molecule has 6 heteroatoms. The van der Waals surface area contributed by atoms with E-state index in [0.29, 0.717) is 17.4 Å². The summed E-state index contributed by atoms with van der Waals surface area (Å²) in [6.07, 6.45) is 4.43. The maximum atomic E-state index is 5.85. The summed E-state index contributed by atoms with van der Waals surface area (Å²) in [5, 5.41) is 8.97. The Hall–Kier alpha value is -1.49. The van der Waals surface area contributed by atoms with E-state index in [1.807, 2.05) is 13.2 Å². The lowest BCUT2D eigenvalue weighted by Gasteiger charge is -2.03. The number of hydrogen-bond donors (Lipinski definition) is 1. The van der Waals surface area contributed by atoms with Crippen molar-refractivity contribution in [2.24, 2.45) is 7.05 Å². The van der Waals surface area contributed by atoms with Crippen molar-refractivity contribution in [3.05, 3.63) is 28.7 Å². The fourth-order valence-electron chi connectivity index (χ4n) is 1.67. The van der Waals surface area contributed by atoms with Gasteiger partial charge in [-0.25, -0.2) is 4.68 Å². The zero-order valence-electron chi connectivity index (χ0n) is 9.31. The first-order valence-corrected chi connectivity index (χ1v) is 5.47. The standard InChI is InChI=1S/C10H14ClN5/c1-3-9-7(5-15(2)14-9)6-16-10(12)8(11)4-13-16/h4-5H,3,6,12H2,1-2H3. The molecule has 0 amide bonds. The van der Waals surface area contributed by atoms with Crippen LogP contribution in [0.2, 0.25) is 5.02 Å². The Morgan fingerprint density at radius 3 is 2.81 bits per heavy atom. The second kappa shape index (κ2) is 4.17. The quantitative estimate of drug-likeness (QED) is 0.882. The van der Waals surface area contributed by atoms with E-state index in [4.69, 9.17) is 17.3 Å². The zero-order valence-corrected chi connectivity index (χ0v) is 10.1. The summed E-state index contributed by atoms with van der Waals surface area (Å²) in [5.41, 5.74) is 7.98. The van der Waals surface area contributed by atoms with E-state index >= 15 is 0 Å². The summed E-state index contributed by atoms with van der Waals surface area (Å²) in [7, 11) is 1.90. The number of nitrogens with two attached hydrogens (primary N) is 1. The fraction of sp³-hybridized carbons (Fsp3) is 0.400. The van der Waals surface area contributed by atoms with Gasteiger partial charge in [0.05, 0.1) is 18.4 Å². The van der Waals surface area contributed by atoms with Crippen molar-refractivity contribution < 1.29 is 0 Å². The SMILES string of the molecule is CCc1nn(C)cc1Cn1ncc(Cl)c1N. The maximum absolute atomic E-state index is 5.85. The molecule has 0 saturated heterocycles. The smallest absolute Gasteiger partial charge is 0.140 e. The van der Waals surface area contributed by atoms with Crippen LogP contribution in [-0.2, 0) is 20.0 Å². The van der Waals surface area contributed by atoms with E-state index in [0.717, 1.165) is 17.7 Å². The van der Waals surface area contributed by atoms with E-state index in [1.54, 1.807) is 15.6 Å². The summed E-state index contributed by atoms with van der Waals surface area (Å²) >= 11 is 5.85. The van der Waals surface area contributed by atoms with Gasteiger partial charge in [0.15, 0.2) is 0 Å². The van der Waals surface area contributed by atoms with E-state index in [-0.39, 0.29) is 0 Å². The number of nitrogens with zero attached hydrogens (tertiary/aromatic N) is 4. The number of halogens is 1. The molecule has 0 atom stereocenters. The lowest BCUT2D eigenvalue weighted by Crippen LogP contribution is -2.06. The van der Waals surface area contributed by atoms with Gasteiger partial charge >= 0.3 is 0 Å². The van der Waals surface area contributed by atoms with Crippen LogP contribution in [0.25, 0.3) is 0 Å². The van der Waals surface area contributed by atoms with Gasteiger partial charge < -0.3 is 5.73 Å². The molecule has 0 aliphatic carbocycles. The van der Waals surface area contributed by atoms with Crippen molar-refractivity contribution in [2.75, 3.05) is 5.73 Å². The first-order valence-electron chi connectivity index (χ1n) is 5.10. The van der Waals surface area contributed by atoms with Crippen molar-refractivity contribution in [1.82, 2.24) is 19.6 Å². The van der Waals surface area contributed by atoms with Crippen LogP contribution in [0.3, 0.4) is 0 Å². The van der Waals surface area contributed by atoms with Gasteiger partial charge in [0.1, 0.15) is 10.8 Å². The minimum atomic E-state index is 0.488. The van der Waals surface area contributed by atoms with E-state index in [9.17, 15) is 0 Å². The van der Waals surface area contributed by atoms with E-state index < -0.39 is 0 Å². The van der Waals surface area contributed by atoms with Gasteiger partial charge in [-0.2, -0.15) is 10.2 Å². The Morgan fingerprint density at radius 2 is 2.25 bits per heavy atom. The molecule has 0 saturated carbocycles. The van der Waals surface area contributed by atoms with Crippen LogP contribution in [0.5, 0.6) is 0 Å². The molecule has 0 spiro atoms. The summed E-state index contributed by atoms with van der Waals surface area (Å²) < 4.78 is 3.48. The highest BCUT2D eigenvalue weighted by molar-refractivity contribution is 6.32. The molecule has 2 N–H and O–H groups in total. The number of rotatable bonds is 3. The third-order valence-corrected chi connectivity index (χ3v) is 2.77. The van der Waals surface area contributed by atoms with Crippen LogP contribution in [-0.4, -0.2) is 19.6 Å². The molecule has 0 unspecified atom stereocenters. The number of nitrogen functional groups attached to an aromatic ring is 1. The van der Waals surface area contributed by atoms with Crippen molar-refractivity contribution in [1.29, 1.82) is 0 Å². The highest BCUT2D eigenvalue weighted by atomic mass is 35.5. The van der Waals surface area contributed by atoms with Crippen LogP contribution in [0, 0.1) is 0 Å². The molecule has 5 nitrogen and oxygen atoms in total. The molecule has 0 fully saturated rings. The molecular weight excluding hydrogens is 226 g/mol. The molecule has 16 heavy (non-hydrogen) atoms. The topological polar surface area (TPSA) is 61.7 Å². The molecule has 2 rings (SSSR count). The summed E-state index contributed by atoms with van der Waals surface area (Å²) in [6, 6.07) is 0. The predicted molar refractivity (Wildman–Crippen MR) is 63.3 cm³/mol. The Labute approximate surface area is 98.8 Å². The van der Waals surface area contributed by atoms with E-state index in [1.165, 1.54) is 0 Å². The van der Waals surface area contributed by atoms with Crippen molar-refractivity contribution in [2.45, 2.75) is 19.9 Å². The van der Waals surface area contributed by atoms with Crippen molar-refractivity contribution >= 4 is 17.4 Å². The monoisotopic (exact) mass is 239 g/mol. The van der Waals surface area contributed by atoms with Gasteiger partial charge in [-0.05, 0) is 6.42 Å². The van der Waals surface area contributed by atoms with Crippen molar-refractivity contribution in [3.8, 4) is 0 Å². The second-order valence-electron chi connectivity index (χ2n) is 3.66. The first kappa shape index (κ1) is 11.0. The third kappa shape index (κ3) is 1.90. The lowest BCUT2D eigenvalue weighted by molar-refractivity contribution is 0.691. The van der Waals surface area contributed by atoms with Gasteiger partial charge in [-0.1, -0.05) is 18.5 Å². The Kier molecular flexibility index (Phi) is 2.87. The molecule has 0 aromatic carbocycles. The Morgan fingerprint density at radius 1 is 1.50 bits per heavy atom. The van der Waals surface area contributed by atoms with Crippen LogP contribution in [0.15, 0.2) is 12.4 Å². The molecule has 0 aliphatic rings. The minimum Gasteiger partial charge on any atom is -0.383 e. The second-order valence-corrected chi connectivity index (χ2v) is 4.07. The van der Waals surface area contributed by atoms with Crippen LogP contribution < -0.4 is 5.73 Å². The molecule has 2 aromatic rings. The fourth-order valence-corrected chi connectivity index (χ4v) is 1.81. The van der Waals surface area contributed by atoms with Gasteiger partial charge in [-0.15, -0.1) is 0 Å². The van der Waals surface area contributed by atoms with Crippen LogP contribution in [0.4, 0.5) is 5.82 Å². The molecular formula is C10H14ClN5. The predicted octanol–water partition coefficient (Wildman–Crippen LogP) is 1.46. The lowest BCUT2D eigenvalue weighted by atomic mass is 10.2. The normalized spacial score (nSPS) is 10.9. The minimum absolute atomic E-state index is 0.488. The average molecular weight is 240 g/mol.